The van der Waals surface area contributed by atoms with Gasteiger partial charge in [0.2, 0.25) is 5.78 Å². The second kappa shape index (κ2) is 3.14. The molecular formula is C12H13NO2. The number of ether oxygens (including phenoxy) is 1. The molecule has 1 spiro atoms. The third-order valence-electron chi connectivity index (χ3n) is 3.27. The average molecular weight is 203 g/mol. The summed E-state index contributed by atoms with van der Waals surface area (Å²) >= 11 is 0. The molecule has 1 saturated carbocycles. The van der Waals surface area contributed by atoms with E-state index in [1.165, 1.54) is 0 Å². The van der Waals surface area contributed by atoms with Crippen LogP contribution in [-0.2, 0) is 4.74 Å². The molecule has 1 atom stereocenters. The second-order valence-electron chi connectivity index (χ2n) is 4.41. The predicted octanol–water partition coefficient (Wildman–Crippen LogP) is 1.98. The fraction of sp³-hybridized carbons (Fsp3) is 0.500. The molecule has 1 aliphatic carbocycles. The summed E-state index contributed by atoms with van der Waals surface area (Å²) in [6, 6.07) is 5.40. The number of pyridine rings is 1. The van der Waals surface area contributed by atoms with Crippen LogP contribution < -0.4 is 0 Å². The van der Waals surface area contributed by atoms with Crippen LogP contribution in [0.25, 0.3) is 0 Å². The Kier molecular flexibility index (Phi) is 1.89. The number of carbonyl (C=O) groups is 1. The number of ketones is 1. The molecule has 78 valence electrons. The Morgan fingerprint density at radius 3 is 2.87 bits per heavy atom. The monoisotopic (exact) mass is 203 g/mol. The molecule has 3 nitrogen and oxygen atoms in total. The highest BCUT2D eigenvalue weighted by atomic mass is 16.5. The van der Waals surface area contributed by atoms with Gasteiger partial charge in [-0.05, 0) is 37.8 Å². The fourth-order valence-corrected chi connectivity index (χ4v) is 2.18. The Morgan fingerprint density at radius 1 is 1.40 bits per heavy atom. The lowest BCUT2D eigenvalue weighted by Crippen LogP contribution is -2.22. The van der Waals surface area contributed by atoms with Crippen molar-refractivity contribution in [2.45, 2.75) is 37.4 Å². The Morgan fingerprint density at radius 2 is 2.27 bits per heavy atom. The zero-order valence-corrected chi connectivity index (χ0v) is 8.48. The van der Waals surface area contributed by atoms with Crippen LogP contribution in [0.3, 0.4) is 0 Å². The van der Waals surface area contributed by atoms with E-state index >= 15 is 0 Å². The fourth-order valence-electron chi connectivity index (χ4n) is 2.18. The quantitative estimate of drug-likeness (QED) is 0.690. The Labute approximate surface area is 88.5 Å². The van der Waals surface area contributed by atoms with Gasteiger partial charge < -0.3 is 4.74 Å². The molecule has 0 N–H and O–H groups in total. The third kappa shape index (κ3) is 1.57. The van der Waals surface area contributed by atoms with E-state index in [0.717, 1.165) is 25.7 Å². The van der Waals surface area contributed by atoms with E-state index in [9.17, 15) is 4.79 Å². The summed E-state index contributed by atoms with van der Waals surface area (Å²) < 4.78 is 5.79. The lowest BCUT2D eigenvalue weighted by molar-refractivity contribution is 0.0263. The molecule has 2 aliphatic rings. The molecule has 2 fully saturated rings. The lowest BCUT2D eigenvalue weighted by Gasteiger charge is -2.10. The van der Waals surface area contributed by atoms with Crippen LogP contribution in [0.15, 0.2) is 24.4 Å². The maximum absolute atomic E-state index is 12.0. The van der Waals surface area contributed by atoms with Crippen LogP contribution in [0.5, 0.6) is 0 Å². The first-order valence-electron chi connectivity index (χ1n) is 5.42. The molecule has 3 rings (SSSR count). The van der Waals surface area contributed by atoms with E-state index in [1.54, 1.807) is 12.3 Å². The van der Waals surface area contributed by atoms with Crippen molar-refractivity contribution in [2.75, 3.05) is 0 Å². The first-order valence-corrected chi connectivity index (χ1v) is 5.42. The van der Waals surface area contributed by atoms with Crippen molar-refractivity contribution >= 4 is 5.78 Å². The van der Waals surface area contributed by atoms with Crippen LogP contribution in [0.2, 0.25) is 0 Å². The maximum Gasteiger partial charge on any atom is 0.209 e. The largest absolute Gasteiger partial charge is 0.364 e. The van der Waals surface area contributed by atoms with Crippen molar-refractivity contribution in [2.24, 2.45) is 0 Å². The summed E-state index contributed by atoms with van der Waals surface area (Å²) in [6.45, 7) is 0. The standard InChI is InChI=1S/C12H13NO2/c14-11(9-3-1-2-8-13-9)10-4-5-12(15-10)6-7-12/h1-3,8,10H,4-7H2/t10-/m1/s1. The summed E-state index contributed by atoms with van der Waals surface area (Å²) in [6.07, 6.45) is 5.54. The molecule has 0 aromatic carbocycles. The first-order chi connectivity index (χ1) is 7.29. The first kappa shape index (κ1) is 9.04. The highest BCUT2D eigenvalue weighted by molar-refractivity contribution is 5.97. The SMILES string of the molecule is O=C(c1ccccn1)[C@H]1CCC2(CC2)O1. The van der Waals surface area contributed by atoms with Gasteiger partial charge in [-0.25, -0.2) is 0 Å². The van der Waals surface area contributed by atoms with Gasteiger partial charge in [0.05, 0.1) is 5.60 Å². The minimum atomic E-state index is -0.248. The van der Waals surface area contributed by atoms with E-state index in [1.807, 2.05) is 12.1 Å². The molecule has 2 heterocycles. The molecule has 1 aromatic heterocycles. The maximum atomic E-state index is 12.0. The zero-order chi connectivity index (χ0) is 10.3. The van der Waals surface area contributed by atoms with E-state index < -0.39 is 0 Å². The number of hydrogen-bond donors (Lipinski definition) is 0. The summed E-state index contributed by atoms with van der Waals surface area (Å²) in [5.41, 5.74) is 0.606. The number of nitrogens with zero attached hydrogens (tertiary/aromatic N) is 1. The minimum Gasteiger partial charge on any atom is -0.364 e. The van der Waals surface area contributed by atoms with Gasteiger partial charge in [-0.2, -0.15) is 0 Å². The van der Waals surface area contributed by atoms with Gasteiger partial charge in [0, 0.05) is 6.20 Å². The smallest absolute Gasteiger partial charge is 0.209 e. The highest BCUT2D eigenvalue weighted by Gasteiger charge is 2.51. The summed E-state index contributed by atoms with van der Waals surface area (Å²) in [5.74, 6) is 0.0411. The average Bonchev–Trinajstić information content (AvgIpc) is 2.90. The molecule has 0 bridgehead atoms. The lowest BCUT2D eigenvalue weighted by atomic mass is 10.1. The van der Waals surface area contributed by atoms with Crippen LogP contribution >= 0.6 is 0 Å². The van der Waals surface area contributed by atoms with E-state index in [0.29, 0.717) is 5.69 Å². The van der Waals surface area contributed by atoms with Gasteiger partial charge in [-0.15, -0.1) is 0 Å². The highest BCUT2D eigenvalue weighted by Crippen LogP contribution is 2.49. The van der Waals surface area contributed by atoms with Crippen LogP contribution in [0.1, 0.15) is 36.2 Å². The second-order valence-corrected chi connectivity index (χ2v) is 4.41. The molecule has 0 unspecified atom stereocenters. The van der Waals surface area contributed by atoms with Crippen LogP contribution in [0.4, 0.5) is 0 Å². The van der Waals surface area contributed by atoms with Gasteiger partial charge in [-0.3, -0.25) is 9.78 Å². The van der Waals surface area contributed by atoms with E-state index in [2.05, 4.69) is 4.98 Å². The van der Waals surface area contributed by atoms with Crippen LogP contribution in [0, 0.1) is 0 Å². The summed E-state index contributed by atoms with van der Waals surface area (Å²) in [4.78, 5) is 16.0. The number of aromatic nitrogens is 1. The molecule has 0 radical (unpaired) electrons. The Bertz CT molecular complexity index is 384. The molecule has 15 heavy (non-hydrogen) atoms. The molecule has 1 saturated heterocycles. The topological polar surface area (TPSA) is 39.2 Å². The number of rotatable bonds is 2. The van der Waals surface area contributed by atoms with Crippen molar-refractivity contribution in [3.05, 3.63) is 30.1 Å². The van der Waals surface area contributed by atoms with E-state index in [4.69, 9.17) is 4.74 Å². The van der Waals surface area contributed by atoms with Crippen molar-refractivity contribution in [1.82, 2.24) is 4.98 Å². The van der Waals surface area contributed by atoms with Gasteiger partial charge in [-0.1, -0.05) is 6.07 Å². The molecule has 3 heteroatoms. The summed E-state index contributed by atoms with van der Waals surface area (Å²) in [7, 11) is 0. The van der Waals surface area contributed by atoms with Gasteiger partial charge in [0.15, 0.2) is 0 Å². The normalized spacial score (nSPS) is 26.8. The minimum absolute atomic E-state index is 0.0411. The molecule has 1 aliphatic heterocycles. The van der Waals surface area contributed by atoms with Crippen molar-refractivity contribution < 1.29 is 9.53 Å². The van der Waals surface area contributed by atoms with Gasteiger partial charge >= 0.3 is 0 Å². The summed E-state index contributed by atoms with van der Waals surface area (Å²) in [5, 5.41) is 0. The molecular weight excluding hydrogens is 190 g/mol. The Hall–Kier alpha value is -1.22. The molecule has 0 amide bonds. The number of carbonyl (C=O) groups excluding carboxylic acids is 1. The van der Waals surface area contributed by atoms with Crippen molar-refractivity contribution in [1.29, 1.82) is 0 Å². The van der Waals surface area contributed by atoms with Crippen LogP contribution in [-0.4, -0.2) is 22.5 Å². The third-order valence-corrected chi connectivity index (χ3v) is 3.27. The number of Topliss-reactive ketones (excluding diaryl/α,β-unsaturated/α-hetero) is 1. The zero-order valence-electron chi connectivity index (χ0n) is 8.48. The van der Waals surface area contributed by atoms with Gasteiger partial charge in [0.1, 0.15) is 11.8 Å². The predicted molar refractivity (Wildman–Crippen MR) is 54.6 cm³/mol. The Balaban J connectivity index is 1.76. The van der Waals surface area contributed by atoms with Crippen molar-refractivity contribution in [3.63, 3.8) is 0 Å². The van der Waals surface area contributed by atoms with E-state index in [-0.39, 0.29) is 17.5 Å². The van der Waals surface area contributed by atoms with Gasteiger partial charge in [0.25, 0.3) is 0 Å². The van der Waals surface area contributed by atoms with Crippen molar-refractivity contribution in [3.8, 4) is 0 Å². The molecule has 1 aromatic rings. The number of hydrogen-bond acceptors (Lipinski definition) is 3.